The lowest BCUT2D eigenvalue weighted by Crippen LogP contribution is -2.32. The van der Waals surface area contributed by atoms with Gasteiger partial charge in [-0.25, -0.2) is 0 Å². The second-order valence-corrected chi connectivity index (χ2v) is 6.83. The number of hydrogen-bond acceptors (Lipinski definition) is 4. The number of benzene rings is 2. The predicted octanol–water partition coefficient (Wildman–Crippen LogP) is 2.94. The summed E-state index contributed by atoms with van der Waals surface area (Å²) >= 11 is 0. The number of nitrogens with zero attached hydrogens (tertiary/aromatic N) is 1. The van der Waals surface area contributed by atoms with Crippen molar-refractivity contribution in [3.63, 3.8) is 0 Å². The summed E-state index contributed by atoms with van der Waals surface area (Å²) in [5, 5.41) is 2.94. The minimum atomic E-state index is -0.357. The fourth-order valence-corrected chi connectivity index (χ4v) is 3.49. The lowest BCUT2D eigenvalue weighted by molar-refractivity contribution is -0.126. The molecular weight excluding hydrogens is 356 g/mol. The summed E-state index contributed by atoms with van der Waals surface area (Å²) in [5.41, 5.74) is 2.89. The van der Waals surface area contributed by atoms with Crippen LogP contribution < -0.4 is 19.7 Å². The van der Waals surface area contributed by atoms with Gasteiger partial charge in [-0.3, -0.25) is 9.59 Å². The van der Waals surface area contributed by atoms with Crippen molar-refractivity contribution in [1.82, 2.24) is 5.32 Å². The first-order chi connectivity index (χ1) is 13.5. The van der Waals surface area contributed by atoms with Crippen LogP contribution in [0, 0.1) is 5.92 Å². The van der Waals surface area contributed by atoms with Crippen LogP contribution in [0.1, 0.15) is 24.5 Å². The van der Waals surface area contributed by atoms with Crippen LogP contribution in [0.25, 0.3) is 0 Å². The number of anilines is 1. The Hall–Kier alpha value is -3.02. The molecular formula is C22H26N2O4. The highest BCUT2D eigenvalue weighted by molar-refractivity contribution is 6.00. The largest absolute Gasteiger partial charge is 0.497 e. The Labute approximate surface area is 165 Å². The minimum Gasteiger partial charge on any atom is -0.497 e. The van der Waals surface area contributed by atoms with E-state index in [9.17, 15) is 9.59 Å². The lowest BCUT2D eigenvalue weighted by Gasteiger charge is -2.20. The third-order valence-corrected chi connectivity index (χ3v) is 5.04. The summed E-state index contributed by atoms with van der Waals surface area (Å²) in [4.78, 5) is 26.9. The molecule has 148 valence electrons. The summed E-state index contributed by atoms with van der Waals surface area (Å²) in [6, 6.07) is 13.3. The van der Waals surface area contributed by atoms with Gasteiger partial charge in [-0.15, -0.1) is 0 Å². The lowest BCUT2D eigenvalue weighted by atomic mass is 10.1. The Balaban J connectivity index is 1.65. The number of methoxy groups -OCH3 is 2. The molecule has 2 amide bonds. The van der Waals surface area contributed by atoms with E-state index in [1.807, 2.05) is 36.4 Å². The molecule has 2 aromatic carbocycles. The van der Waals surface area contributed by atoms with Crippen LogP contribution in [-0.2, 0) is 22.6 Å². The third kappa shape index (κ3) is 4.27. The molecule has 0 aromatic heterocycles. The van der Waals surface area contributed by atoms with E-state index < -0.39 is 0 Å². The van der Waals surface area contributed by atoms with Gasteiger partial charge in [0.25, 0.3) is 0 Å². The summed E-state index contributed by atoms with van der Waals surface area (Å²) in [6.45, 7) is 2.82. The zero-order valence-corrected chi connectivity index (χ0v) is 16.5. The first-order valence-corrected chi connectivity index (χ1v) is 9.43. The molecule has 1 unspecified atom stereocenters. The van der Waals surface area contributed by atoms with Gasteiger partial charge in [-0.1, -0.05) is 25.1 Å². The van der Waals surface area contributed by atoms with Gasteiger partial charge in [0.05, 0.1) is 20.1 Å². The van der Waals surface area contributed by atoms with Gasteiger partial charge in [-0.05, 0) is 35.7 Å². The molecule has 0 spiro atoms. The van der Waals surface area contributed by atoms with E-state index >= 15 is 0 Å². The fourth-order valence-electron chi connectivity index (χ4n) is 3.49. The van der Waals surface area contributed by atoms with E-state index in [2.05, 4.69) is 12.2 Å². The van der Waals surface area contributed by atoms with Crippen molar-refractivity contribution in [2.45, 2.75) is 26.3 Å². The normalized spacial score (nSPS) is 16.2. The highest BCUT2D eigenvalue weighted by Gasteiger charge is 2.35. The molecule has 6 nitrogen and oxygen atoms in total. The standard InChI is InChI=1S/C22H26N2O4/c1-4-16-7-5-6-8-20(16)24-14-17(11-21(24)25)22(26)23-13-15-9-18(27-2)12-19(10-15)28-3/h5-10,12,17H,4,11,13-14H2,1-3H3,(H,23,26). The van der Waals surface area contributed by atoms with E-state index in [0.29, 0.717) is 24.6 Å². The van der Waals surface area contributed by atoms with E-state index in [1.165, 1.54) is 0 Å². The molecule has 1 saturated heterocycles. The summed E-state index contributed by atoms with van der Waals surface area (Å²) in [6.07, 6.45) is 1.07. The van der Waals surface area contributed by atoms with Crippen LogP contribution in [0.5, 0.6) is 11.5 Å². The maximum Gasteiger partial charge on any atom is 0.227 e. The highest BCUT2D eigenvalue weighted by Crippen LogP contribution is 2.29. The van der Waals surface area contributed by atoms with Gasteiger partial charge in [-0.2, -0.15) is 0 Å². The van der Waals surface area contributed by atoms with Crippen molar-refractivity contribution >= 4 is 17.5 Å². The number of amides is 2. The SMILES string of the molecule is CCc1ccccc1N1CC(C(=O)NCc2cc(OC)cc(OC)c2)CC1=O. The topological polar surface area (TPSA) is 67.9 Å². The number of carbonyl (C=O) groups excluding carboxylic acids is 2. The molecule has 6 heteroatoms. The third-order valence-electron chi connectivity index (χ3n) is 5.04. The first-order valence-electron chi connectivity index (χ1n) is 9.43. The van der Waals surface area contributed by atoms with E-state index in [-0.39, 0.29) is 24.2 Å². The highest BCUT2D eigenvalue weighted by atomic mass is 16.5. The van der Waals surface area contributed by atoms with Gasteiger partial charge in [0.1, 0.15) is 11.5 Å². The van der Waals surface area contributed by atoms with Crippen LogP contribution in [0.15, 0.2) is 42.5 Å². The zero-order chi connectivity index (χ0) is 20.1. The smallest absolute Gasteiger partial charge is 0.227 e. The van der Waals surface area contributed by atoms with Crippen LogP contribution in [0.4, 0.5) is 5.69 Å². The summed E-state index contributed by atoms with van der Waals surface area (Å²) < 4.78 is 10.5. The van der Waals surface area contributed by atoms with Gasteiger partial charge >= 0.3 is 0 Å². The molecule has 3 rings (SSSR count). The molecule has 28 heavy (non-hydrogen) atoms. The van der Waals surface area contributed by atoms with Crippen LogP contribution in [-0.4, -0.2) is 32.6 Å². The molecule has 0 bridgehead atoms. The van der Waals surface area contributed by atoms with Gasteiger partial charge in [0, 0.05) is 31.3 Å². The van der Waals surface area contributed by atoms with Gasteiger partial charge in [0.2, 0.25) is 11.8 Å². The molecule has 1 aliphatic heterocycles. The molecule has 0 radical (unpaired) electrons. The monoisotopic (exact) mass is 382 g/mol. The number of rotatable bonds is 7. The molecule has 1 fully saturated rings. The molecule has 0 saturated carbocycles. The maximum atomic E-state index is 12.7. The zero-order valence-electron chi connectivity index (χ0n) is 16.5. The van der Waals surface area contributed by atoms with Crippen molar-refractivity contribution < 1.29 is 19.1 Å². The molecule has 1 atom stereocenters. The second kappa shape index (κ2) is 8.78. The fraction of sp³-hybridized carbons (Fsp3) is 0.364. The van der Waals surface area contributed by atoms with E-state index in [4.69, 9.17) is 9.47 Å². The minimum absolute atomic E-state index is 0.0101. The molecule has 2 aromatic rings. The number of nitrogens with one attached hydrogen (secondary N) is 1. The number of ether oxygens (including phenoxy) is 2. The Kier molecular flexibility index (Phi) is 6.19. The van der Waals surface area contributed by atoms with Crippen molar-refractivity contribution in [3.8, 4) is 11.5 Å². The molecule has 1 heterocycles. The predicted molar refractivity (Wildman–Crippen MR) is 108 cm³/mol. The Morgan fingerprint density at radius 2 is 1.82 bits per heavy atom. The maximum absolute atomic E-state index is 12.7. The van der Waals surface area contributed by atoms with E-state index in [0.717, 1.165) is 23.2 Å². The Morgan fingerprint density at radius 1 is 1.14 bits per heavy atom. The average molecular weight is 382 g/mol. The molecule has 1 aliphatic rings. The van der Waals surface area contributed by atoms with Gasteiger partial charge < -0.3 is 19.7 Å². The van der Waals surface area contributed by atoms with Crippen LogP contribution in [0.3, 0.4) is 0 Å². The van der Waals surface area contributed by atoms with Crippen LogP contribution in [0.2, 0.25) is 0 Å². The number of hydrogen-bond donors (Lipinski definition) is 1. The average Bonchev–Trinajstić information content (AvgIpc) is 3.13. The number of aryl methyl sites for hydroxylation is 1. The summed E-state index contributed by atoms with van der Waals surface area (Å²) in [5.74, 6) is 0.851. The van der Waals surface area contributed by atoms with Crippen molar-refractivity contribution in [3.05, 3.63) is 53.6 Å². The van der Waals surface area contributed by atoms with Gasteiger partial charge in [0.15, 0.2) is 0 Å². The molecule has 0 aliphatic carbocycles. The number of para-hydroxylation sites is 1. The van der Waals surface area contributed by atoms with Crippen molar-refractivity contribution in [2.24, 2.45) is 5.92 Å². The summed E-state index contributed by atoms with van der Waals surface area (Å²) in [7, 11) is 3.17. The quantitative estimate of drug-likeness (QED) is 0.800. The number of carbonyl (C=O) groups is 2. The first kappa shape index (κ1) is 19.7. The van der Waals surface area contributed by atoms with E-state index in [1.54, 1.807) is 25.2 Å². The Bertz CT molecular complexity index is 843. The second-order valence-electron chi connectivity index (χ2n) is 6.83. The van der Waals surface area contributed by atoms with Crippen molar-refractivity contribution in [2.75, 3.05) is 25.7 Å². The van der Waals surface area contributed by atoms with Crippen molar-refractivity contribution in [1.29, 1.82) is 0 Å². The Morgan fingerprint density at radius 3 is 2.46 bits per heavy atom. The van der Waals surface area contributed by atoms with Crippen LogP contribution >= 0.6 is 0 Å². The molecule has 1 N–H and O–H groups in total.